The second-order valence-corrected chi connectivity index (χ2v) is 35.9. The molecule has 2 fully saturated rings. The lowest BCUT2D eigenvalue weighted by molar-refractivity contribution is -0.144. The maximum atomic E-state index is 14.3. The molecule has 1 unspecified atom stereocenters. The number of aliphatic hydroxyl groups is 1. The van der Waals surface area contributed by atoms with Crippen LogP contribution < -0.4 is 0 Å². The topological polar surface area (TPSA) is 162 Å². The first-order valence-electron chi connectivity index (χ1n) is 25.4. The Kier molecular flexibility index (Phi) is 23.6. The van der Waals surface area contributed by atoms with Crippen molar-refractivity contribution in [1.82, 2.24) is 0 Å². The highest BCUT2D eigenvalue weighted by molar-refractivity contribution is 7.91. The monoisotopic (exact) mass is 1050 g/mol. The summed E-state index contributed by atoms with van der Waals surface area (Å²) in [7, 11) is -10.6. The van der Waals surface area contributed by atoms with Gasteiger partial charge in [0.25, 0.3) is 10.1 Å². The number of rotatable bonds is 30. The number of hydrogen-bond acceptors (Lipinski definition) is 13. The Bertz CT molecular complexity index is 1970. The van der Waals surface area contributed by atoms with Gasteiger partial charge >= 0.3 is 0 Å². The van der Waals surface area contributed by atoms with Gasteiger partial charge in [-0.3, -0.25) is 4.18 Å². The number of methoxy groups -OCH3 is 1. The van der Waals surface area contributed by atoms with Crippen LogP contribution in [-0.4, -0.2) is 133 Å². The molecule has 2 heterocycles. The van der Waals surface area contributed by atoms with E-state index in [1.165, 1.54) is 0 Å². The SMILES string of the molecule is C=C([C@H](C)C[C@@H](CC[C@@H]1O[C@@H](CCC(OCC)OCC)CC1=C)OS(C)(=O)=O)[C@H](O)C[C@@H]1O[C@H](CC(CO[Si](C)(C)C(C)(C)C)O[Si](C)(C)C(C)(C)C)[C@H](OC)[C@H]1CS(=O)(=O)c1ccc(CC)cc1. The Labute approximate surface area is 421 Å². The number of hydrogen-bond donors (Lipinski definition) is 1. The molecule has 0 bridgehead atoms. The highest BCUT2D eigenvalue weighted by Gasteiger charge is 2.50. The summed E-state index contributed by atoms with van der Waals surface area (Å²) in [6, 6.07) is 6.99. The summed E-state index contributed by atoms with van der Waals surface area (Å²) in [5, 5.41) is 11.9. The smallest absolute Gasteiger partial charge is 0.264 e. The van der Waals surface area contributed by atoms with E-state index in [9.17, 15) is 21.9 Å². The molecule has 1 aromatic rings. The lowest BCUT2D eigenvalue weighted by Crippen LogP contribution is -2.49. The van der Waals surface area contributed by atoms with E-state index >= 15 is 0 Å². The fraction of sp³-hybridized carbons (Fsp3) is 0.808. The molecule has 3 rings (SSSR count). The Hall–Kier alpha value is -1.33. The van der Waals surface area contributed by atoms with Crippen molar-refractivity contribution >= 4 is 36.6 Å². The van der Waals surface area contributed by atoms with E-state index in [0.29, 0.717) is 57.5 Å². The zero-order chi connectivity index (χ0) is 52.3. The molecule has 0 aromatic heterocycles. The van der Waals surface area contributed by atoms with E-state index in [4.69, 9.17) is 36.7 Å². The highest BCUT2D eigenvalue weighted by atomic mass is 32.2. The average molecular weight is 1050 g/mol. The van der Waals surface area contributed by atoms with Gasteiger partial charge < -0.3 is 37.6 Å². The largest absolute Gasteiger partial charge is 0.414 e. The van der Waals surface area contributed by atoms with Gasteiger partial charge in [-0.15, -0.1) is 0 Å². The number of aliphatic hydroxyl groups excluding tert-OH is 1. The average Bonchev–Trinajstić information content (AvgIpc) is 3.75. The molecule has 13 nitrogen and oxygen atoms in total. The first-order chi connectivity index (χ1) is 31.8. The van der Waals surface area contributed by atoms with Crippen LogP contribution in [0.3, 0.4) is 0 Å². The van der Waals surface area contributed by atoms with E-state index in [0.717, 1.165) is 30.2 Å². The van der Waals surface area contributed by atoms with Crippen LogP contribution in [0.15, 0.2) is 53.5 Å². The van der Waals surface area contributed by atoms with Gasteiger partial charge in [-0.1, -0.05) is 80.7 Å². The second-order valence-electron chi connectivity index (χ2n) is 22.7. The van der Waals surface area contributed by atoms with Crippen molar-refractivity contribution in [1.29, 1.82) is 0 Å². The van der Waals surface area contributed by atoms with Crippen molar-refractivity contribution < 1.29 is 58.7 Å². The molecule has 69 heavy (non-hydrogen) atoms. The lowest BCUT2D eigenvalue weighted by Gasteiger charge is -2.42. The molecular weight excluding hydrogens is 953 g/mol. The van der Waals surface area contributed by atoms with Gasteiger partial charge in [0.05, 0.1) is 72.3 Å². The molecule has 400 valence electrons. The van der Waals surface area contributed by atoms with Gasteiger partial charge in [0.2, 0.25) is 0 Å². The minimum Gasteiger partial charge on any atom is -0.414 e. The fourth-order valence-electron chi connectivity index (χ4n) is 8.83. The van der Waals surface area contributed by atoms with Crippen LogP contribution in [0.25, 0.3) is 0 Å². The van der Waals surface area contributed by atoms with Crippen molar-refractivity contribution in [3.05, 3.63) is 54.1 Å². The Morgan fingerprint density at radius 2 is 1.45 bits per heavy atom. The lowest BCUT2D eigenvalue weighted by atomic mass is 9.86. The molecule has 0 saturated carbocycles. The number of aryl methyl sites for hydroxylation is 1. The normalized spacial score (nSPS) is 23.9. The van der Waals surface area contributed by atoms with E-state index in [2.05, 4.69) is 80.9 Å². The number of sulfone groups is 1. The van der Waals surface area contributed by atoms with Crippen LogP contribution in [0.5, 0.6) is 0 Å². The standard InChI is InChI=1S/C52H94O13S2Si2/c1-19-39-22-26-43(27-23-39)67(56,57)35-44-47(63-48(50(44)58-13)32-42(65-69(17,18)52(10,11)12)34-61-68(15,16)51(7,8)9)33-45(53)38(6)36(4)30-41(64-66(14,54)55)24-28-46-37(5)31-40(62-46)25-29-49(59-20-2)60-21-3/h22-23,26-27,36,40-42,44-50,53H,5-6,19-21,24-25,28-35H2,1-4,7-18H3/t36-,40+,41-,42?,44+,45-,46+,47+,48-,50-/m1/s1. The van der Waals surface area contributed by atoms with E-state index in [1.807, 2.05) is 39.8 Å². The Morgan fingerprint density at radius 1 is 0.855 bits per heavy atom. The summed E-state index contributed by atoms with van der Waals surface area (Å²) in [5.41, 5.74) is 2.46. The molecule has 1 aromatic carbocycles. The summed E-state index contributed by atoms with van der Waals surface area (Å²) in [4.78, 5) is 0.216. The van der Waals surface area contributed by atoms with Crippen molar-refractivity contribution in [2.75, 3.05) is 38.9 Å². The predicted octanol–water partition coefficient (Wildman–Crippen LogP) is 10.6. The molecule has 10 atom stereocenters. The molecule has 2 saturated heterocycles. The third kappa shape index (κ3) is 18.8. The third-order valence-electron chi connectivity index (χ3n) is 15.1. The van der Waals surface area contributed by atoms with Crippen LogP contribution in [0, 0.1) is 11.8 Å². The van der Waals surface area contributed by atoms with Gasteiger partial charge in [0.15, 0.2) is 32.8 Å². The molecule has 0 spiro atoms. The van der Waals surface area contributed by atoms with Crippen molar-refractivity contribution in [2.45, 2.75) is 223 Å². The summed E-state index contributed by atoms with van der Waals surface area (Å²) in [5.74, 6) is -1.30. The van der Waals surface area contributed by atoms with Gasteiger partial charge in [0.1, 0.15) is 0 Å². The molecule has 0 radical (unpaired) electrons. The maximum absolute atomic E-state index is 14.3. The molecule has 0 amide bonds. The third-order valence-corrected chi connectivity index (χ3v) is 26.6. The highest BCUT2D eigenvalue weighted by Crippen LogP contribution is 2.43. The van der Waals surface area contributed by atoms with Crippen LogP contribution in [0.1, 0.15) is 126 Å². The summed E-state index contributed by atoms with van der Waals surface area (Å²) in [6.45, 7) is 39.9. The van der Waals surface area contributed by atoms with Crippen LogP contribution in [-0.2, 0) is 63.1 Å². The number of benzene rings is 1. The summed E-state index contributed by atoms with van der Waals surface area (Å²) >= 11 is 0. The minimum absolute atomic E-state index is 0.0261. The van der Waals surface area contributed by atoms with Gasteiger partial charge in [-0.25, -0.2) is 8.42 Å². The molecule has 0 aliphatic carbocycles. The molecule has 17 heteroatoms. The first-order valence-corrected chi connectivity index (χ1v) is 34.7. The van der Waals surface area contributed by atoms with Gasteiger partial charge in [-0.05, 0) is 123 Å². The zero-order valence-corrected chi connectivity index (χ0v) is 49.1. The van der Waals surface area contributed by atoms with Crippen molar-refractivity contribution in [3.8, 4) is 0 Å². The quantitative estimate of drug-likeness (QED) is 0.0336. The van der Waals surface area contributed by atoms with Crippen molar-refractivity contribution in [3.63, 3.8) is 0 Å². The van der Waals surface area contributed by atoms with E-state index in [1.54, 1.807) is 19.2 Å². The summed E-state index contributed by atoms with van der Waals surface area (Å²) in [6.07, 6.45) is 0.767. The van der Waals surface area contributed by atoms with Crippen LogP contribution in [0.2, 0.25) is 36.3 Å². The Morgan fingerprint density at radius 3 is 1.97 bits per heavy atom. The molecular formula is C52H94O13S2Si2. The van der Waals surface area contributed by atoms with Crippen LogP contribution in [0.4, 0.5) is 0 Å². The molecule has 2 aliphatic heterocycles. The van der Waals surface area contributed by atoms with Crippen LogP contribution >= 0.6 is 0 Å². The first kappa shape index (κ1) is 62.0. The summed E-state index contributed by atoms with van der Waals surface area (Å²) < 4.78 is 104. The molecule has 2 aliphatic rings. The van der Waals surface area contributed by atoms with Gasteiger partial charge in [-0.2, -0.15) is 8.42 Å². The predicted molar refractivity (Wildman–Crippen MR) is 282 cm³/mol. The Balaban J connectivity index is 1.88. The second kappa shape index (κ2) is 26.2. The number of ether oxygens (including phenoxy) is 5. The minimum atomic E-state index is -3.84. The van der Waals surface area contributed by atoms with E-state index < -0.39 is 73.0 Å². The fourth-order valence-corrected chi connectivity index (χ4v) is 13.5. The van der Waals surface area contributed by atoms with Gasteiger partial charge in [0, 0.05) is 45.5 Å². The maximum Gasteiger partial charge on any atom is 0.264 e. The molecule has 1 N–H and O–H groups in total. The zero-order valence-electron chi connectivity index (χ0n) is 45.4. The van der Waals surface area contributed by atoms with E-state index in [-0.39, 0.29) is 64.1 Å². The van der Waals surface area contributed by atoms with Crippen molar-refractivity contribution in [2.24, 2.45) is 11.8 Å².